The summed E-state index contributed by atoms with van der Waals surface area (Å²) < 4.78 is 0. The Morgan fingerprint density at radius 1 is 1.50 bits per heavy atom. The van der Waals surface area contributed by atoms with Gasteiger partial charge in [0, 0.05) is 13.1 Å². The molecule has 0 amide bonds. The van der Waals surface area contributed by atoms with Gasteiger partial charge in [0.25, 0.3) is 11.9 Å². The number of guanidine groups is 2. The van der Waals surface area contributed by atoms with Crippen LogP contribution in [0.3, 0.4) is 0 Å². The topological polar surface area (TPSA) is 159 Å². The summed E-state index contributed by atoms with van der Waals surface area (Å²) in [5.41, 5.74) is 9.14. The molecule has 0 aromatic heterocycles. The smallest absolute Gasteiger partial charge is 0.362 e. The molecule has 0 bridgehead atoms. The Labute approximate surface area is 101 Å². The Hall–Kier alpha value is -2.66. The van der Waals surface area contributed by atoms with Crippen LogP contribution in [0.5, 0.6) is 0 Å². The monoisotopic (exact) mass is 262 g/mol. The van der Waals surface area contributed by atoms with Gasteiger partial charge in [-0.1, -0.05) is 0 Å². The van der Waals surface area contributed by atoms with Crippen molar-refractivity contribution in [3.05, 3.63) is 9.81 Å². The quantitative estimate of drug-likeness (QED) is 0.203. The summed E-state index contributed by atoms with van der Waals surface area (Å²) in [6.07, 6.45) is 0. The van der Waals surface area contributed by atoms with Gasteiger partial charge in [0.2, 0.25) is 0 Å². The van der Waals surface area contributed by atoms with Crippen LogP contribution in [0.15, 0.2) is 9.98 Å². The summed E-state index contributed by atoms with van der Waals surface area (Å²) >= 11 is 0. The Morgan fingerprint density at radius 3 is 2.83 bits per heavy atom. The molecule has 12 nitrogen and oxygen atoms in total. The van der Waals surface area contributed by atoms with Gasteiger partial charge in [-0.2, -0.15) is 0 Å². The zero-order valence-corrected chi connectivity index (χ0v) is 9.35. The number of hydrogen-bond donors (Lipinski definition) is 5. The summed E-state index contributed by atoms with van der Waals surface area (Å²) in [7, 11) is 0. The van der Waals surface area contributed by atoms with E-state index in [9.17, 15) is 9.81 Å². The van der Waals surface area contributed by atoms with E-state index in [0.717, 1.165) is 0 Å². The lowest BCUT2D eigenvalue weighted by molar-refractivity contribution is -0.822. The van der Waals surface area contributed by atoms with Crippen molar-refractivity contribution in [3.63, 3.8) is 0 Å². The van der Waals surface area contributed by atoms with Crippen molar-refractivity contribution in [2.24, 2.45) is 15.7 Å². The summed E-state index contributed by atoms with van der Waals surface area (Å²) in [6.45, 7) is 1.62. The van der Waals surface area contributed by atoms with Crippen LogP contribution >= 0.6 is 0 Å². The molecular formula is C6H14N8O4+2. The van der Waals surface area contributed by atoms with Gasteiger partial charge in [-0.05, 0) is 10.9 Å². The lowest BCUT2D eigenvalue weighted by atomic mass is 10.5. The molecule has 1 aliphatic heterocycles. The number of nitrogens with two attached hydrogens (primary N) is 1. The van der Waals surface area contributed by atoms with Crippen LogP contribution in [-0.2, 0) is 0 Å². The average molecular weight is 262 g/mol. The van der Waals surface area contributed by atoms with E-state index in [2.05, 4.69) is 15.4 Å². The van der Waals surface area contributed by atoms with Gasteiger partial charge in [0.05, 0.1) is 13.1 Å². The third-order valence-electron chi connectivity index (χ3n) is 1.99. The van der Waals surface area contributed by atoms with Crippen molar-refractivity contribution in [2.45, 2.75) is 0 Å². The zero-order chi connectivity index (χ0) is 13.5. The Morgan fingerprint density at radius 2 is 2.22 bits per heavy atom. The van der Waals surface area contributed by atoms with Crippen LogP contribution in [0.25, 0.3) is 0 Å². The maximum Gasteiger partial charge on any atom is 0.362 e. The fourth-order valence-electron chi connectivity index (χ4n) is 1.32. The fraction of sp³-hybridized carbons (Fsp3) is 0.667. The van der Waals surface area contributed by atoms with Gasteiger partial charge in [-0.25, -0.2) is 20.4 Å². The molecule has 6 N–H and O–H groups in total. The van der Waals surface area contributed by atoms with Crippen LogP contribution in [0.1, 0.15) is 0 Å². The molecule has 1 aliphatic rings. The molecule has 1 heterocycles. The second-order valence-electron chi connectivity index (χ2n) is 3.23. The highest BCUT2D eigenvalue weighted by molar-refractivity contribution is 5.80. The zero-order valence-electron chi connectivity index (χ0n) is 9.35. The van der Waals surface area contributed by atoms with E-state index >= 15 is 0 Å². The van der Waals surface area contributed by atoms with Crippen molar-refractivity contribution >= 4 is 11.9 Å². The van der Waals surface area contributed by atoms with Gasteiger partial charge in [0.1, 0.15) is 9.81 Å². The molecule has 12 heteroatoms. The first-order valence-electron chi connectivity index (χ1n) is 4.94. The van der Waals surface area contributed by atoms with Crippen molar-refractivity contribution < 1.29 is 20.5 Å². The highest BCUT2D eigenvalue weighted by Gasteiger charge is 2.21. The normalized spacial score (nSPS) is 15.2. The molecule has 0 aliphatic carbocycles. The predicted molar refractivity (Wildman–Crippen MR) is 57.5 cm³/mol. The van der Waals surface area contributed by atoms with E-state index in [1.807, 2.05) is 5.43 Å². The Kier molecular flexibility index (Phi) is 4.59. The van der Waals surface area contributed by atoms with E-state index < -0.39 is 10.1 Å². The molecule has 0 saturated carbocycles. The maximum absolute atomic E-state index is 10.4. The summed E-state index contributed by atoms with van der Waals surface area (Å²) in [6, 6.07) is 0. The van der Waals surface area contributed by atoms with Crippen LogP contribution < -0.4 is 16.6 Å². The summed E-state index contributed by atoms with van der Waals surface area (Å²) in [4.78, 5) is 29.9. The fourth-order valence-corrected chi connectivity index (χ4v) is 1.32. The molecule has 1 rings (SSSR count). The molecule has 0 fully saturated rings. The highest BCUT2D eigenvalue weighted by atomic mass is 16.7. The first kappa shape index (κ1) is 13.4. The summed E-state index contributed by atoms with van der Waals surface area (Å²) in [5.74, 6) is -0.0207. The van der Waals surface area contributed by atoms with Crippen LogP contribution in [0, 0.1) is 9.81 Å². The molecular weight excluding hydrogens is 248 g/mol. The van der Waals surface area contributed by atoms with E-state index in [4.69, 9.17) is 16.1 Å². The van der Waals surface area contributed by atoms with E-state index in [0.29, 0.717) is 19.6 Å². The first-order valence-corrected chi connectivity index (χ1v) is 4.94. The SMILES string of the molecule is NC(=NCCN1CCN=C1N[N+](=O)O)N[N+](=O)O. The Bertz CT molecular complexity index is 393. The van der Waals surface area contributed by atoms with Crippen LogP contribution in [-0.4, -0.2) is 63.5 Å². The number of rotatable bonds is 5. The average Bonchev–Trinajstić information content (AvgIpc) is 2.63. The molecule has 0 saturated heterocycles. The van der Waals surface area contributed by atoms with E-state index in [1.54, 1.807) is 4.90 Å². The van der Waals surface area contributed by atoms with Gasteiger partial charge in [0.15, 0.2) is 0 Å². The van der Waals surface area contributed by atoms with Crippen LogP contribution in [0.4, 0.5) is 0 Å². The van der Waals surface area contributed by atoms with Crippen molar-refractivity contribution in [1.29, 1.82) is 0 Å². The number of nitrogens with zero attached hydrogens (tertiary/aromatic N) is 5. The molecule has 18 heavy (non-hydrogen) atoms. The molecule has 0 aromatic carbocycles. The third kappa shape index (κ3) is 4.46. The molecule has 100 valence electrons. The van der Waals surface area contributed by atoms with E-state index in [-0.39, 0.29) is 18.5 Å². The van der Waals surface area contributed by atoms with E-state index in [1.165, 1.54) is 0 Å². The van der Waals surface area contributed by atoms with Gasteiger partial charge < -0.3 is 10.6 Å². The predicted octanol–water partition coefficient (Wildman–Crippen LogP) is -2.68. The molecule has 0 unspecified atom stereocenters. The maximum atomic E-state index is 10.4. The first-order chi connectivity index (χ1) is 8.49. The summed E-state index contributed by atoms with van der Waals surface area (Å²) in [5, 5.41) is 15.7. The van der Waals surface area contributed by atoms with Crippen LogP contribution in [0.2, 0.25) is 0 Å². The number of hydrazine groups is 2. The molecule has 0 radical (unpaired) electrons. The van der Waals surface area contributed by atoms with Crippen molar-refractivity contribution in [3.8, 4) is 0 Å². The minimum absolute atomic E-state index is 0.206. The van der Waals surface area contributed by atoms with Crippen molar-refractivity contribution in [2.75, 3.05) is 26.2 Å². The lowest BCUT2D eigenvalue weighted by Crippen LogP contribution is -2.43. The minimum Gasteiger partial charge on any atom is -0.365 e. The molecule has 0 atom stereocenters. The van der Waals surface area contributed by atoms with Gasteiger partial charge in [-0.3, -0.25) is 0 Å². The standard InChI is InChI=1S/C6H14N8O4/c7-5(10-13(15)16)8-1-3-12-4-2-9-6(12)11-14(17)18/h1-4H2,(H,9,11)(H,15,16)(H,17,18)(H3,7,8,10)/q+2. The van der Waals surface area contributed by atoms with Gasteiger partial charge in [-0.15, -0.1) is 0 Å². The second kappa shape index (κ2) is 6.17. The lowest BCUT2D eigenvalue weighted by Gasteiger charge is -2.15. The minimum atomic E-state index is -0.565. The highest BCUT2D eigenvalue weighted by Crippen LogP contribution is 1.98. The number of nitrogens with one attached hydrogen (secondary N) is 2. The second-order valence-corrected chi connectivity index (χ2v) is 3.23. The Balaban J connectivity index is 2.37. The molecule has 0 aromatic rings. The third-order valence-corrected chi connectivity index (χ3v) is 1.99. The number of hydrogen-bond acceptors (Lipinski definition) is 5. The van der Waals surface area contributed by atoms with Gasteiger partial charge >= 0.3 is 10.1 Å². The number of aliphatic imine (C=N–C) groups is 2. The van der Waals surface area contributed by atoms with Crippen molar-refractivity contribution in [1.82, 2.24) is 15.8 Å². The largest absolute Gasteiger partial charge is 0.365 e. The molecule has 0 spiro atoms.